The van der Waals surface area contributed by atoms with Gasteiger partial charge in [0.25, 0.3) is 0 Å². The van der Waals surface area contributed by atoms with Gasteiger partial charge in [0, 0.05) is 11.5 Å². The van der Waals surface area contributed by atoms with Crippen LogP contribution in [0.2, 0.25) is 5.15 Å². The summed E-state index contributed by atoms with van der Waals surface area (Å²) in [5.74, 6) is 3.08. The van der Waals surface area contributed by atoms with Crippen molar-refractivity contribution < 1.29 is 4.74 Å². The Bertz CT molecular complexity index is 666. The Morgan fingerprint density at radius 2 is 2.00 bits per heavy atom. The third-order valence-corrected chi connectivity index (χ3v) is 4.11. The van der Waals surface area contributed by atoms with Crippen LogP contribution in [-0.2, 0) is 0 Å². The minimum atomic E-state index is 0.451. The second kappa shape index (κ2) is 5.64. The van der Waals surface area contributed by atoms with Crippen molar-refractivity contribution in [2.24, 2.45) is 0 Å². The van der Waals surface area contributed by atoms with Gasteiger partial charge in [-0.05, 0) is 43.4 Å². The van der Waals surface area contributed by atoms with Crippen LogP contribution in [0.25, 0.3) is 0 Å². The SMILES string of the molecule is Cc1c(Cl)nc(C2CC2)nc1Oc1cccc(C(C)C)c1. The number of hydrogen-bond acceptors (Lipinski definition) is 3. The van der Waals surface area contributed by atoms with E-state index in [0.717, 1.165) is 30.0 Å². The summed E-state index contributed by atoms with van der Waals surface area (Å²) >= 11 is 6.21. The zero-order valence-electron chi connectivity index (χ0n) is 12.6. The average Bonchev–Trinajstić information content (AvgIpc) is 3.28. The zero-order chi connectivity index (χ0) is 15.0. The van der Waals surface area contributed by atoms with Gasteiger partial charge >= 0.3 is 0 Å². The molecule has 0 unspecified atom stereocenters. The van der Waals surface area contributed by atoms with E-state index in [0.29, 0.717) is 22.9 Å². The molecule has 1 saturated carbocycles. The van der Waals surface area contributed by atoms with Gasteiger partial charge in [-0.15, -0.1) is 0 Å². The maximum absolute atomic E-state index is 6.21. The van der Waals surface area contributed by atoms with E-state index in [1.54, 1.807) is 0 Å². The van der Waals surface area contributed by atoms with Crippen LogP contribution < -0.4 is 4.74 Å². The molecule has 1 heterocycles. The van der Waals surface area contributed by atoms with Gasteiger partial charge in [0.05, 0.1) is 0 Å². The van der Waals surface area contributed by atoms with Crippen LogP contribution >= 0.6 is 11.6 Å². The molecule has 0 bridgehead atoms. The normalized spacial score (nSPS) is 14.5. The van der Waals surface area contributed by atoms with Gasteiger partial charge in [-0.3, -0.25) is 0 Å². The number of aromatic nitrogens is 2. The molecule has 2 aromatic rings. The number of nitrogens with zero attached hydrogens (tertiary/aromatic N) is 2. The fourth-order valence-corrected chi connectivity index (χ4v) is 2.33. The number of halogens is 1. The van der Waals surface area contributed by atoms with E-state index < -0.39 is 0 Å². The van der Waals surface area contributed by atoms with Crippen molar-refractivity contribution in [1.82, 2.24) is 9.97 Å². The van der Waals surface area contributed by atoms with E-state index in [2.05, 4.69) is 35.9 Å². The topological polar surface area (TPSA) is 35.0 Å². The maximum atomic E-state index is 6.21. The summed E-state index contributed by atoms with van der Waals surface area (Å²) in [5, 5.41) is 0.488. The third-order valence-electron chi connectivity index (χ3n) is 3.74. The first-order valence-electron chi connectivity index (χ1n) is 7.36. The van der Waals surface area contributed by atoms with Gasteiger partial charge in [-0.1, -0.05) is 37.6 Å². The molecular formula is C17H19ClN2O. The van der Waals surface area contributed by atoms with Crippen LogP contribution in [0, 0.1) is 6.92 Å². The minimum absolute atomic E-state index is 0.451. The summed E-state index contributed by atoms with van der Waals surface area (Å²) in [6.45, 7) is 6.22. The summed E-state index contributed by atoms with van der Waals surface area (Å²) in [5.41, 5.74) is 2.03. The first-order valence-corrected chi connectivity index (χ1v) is 7.74. The van der Waals surface area contributed by atoms with Crippen molar-refractivity contribution in [1.29, 1.82) is 0 Å². The summed E-state index contributed by atoms with van der Waals surface area (Å²) in [4.78, 5) is 8.90. The lowest BCUT2D eigenvalue weighted by atomic mass is 10.0. The van der Waals surface area contributed by atoms with Crippen molar-refractivity contribution in [3.63, 3.8) is 0 Å². The Kier molecular flexibility index (Phi) is 3.85. The van der Waals surface area contributed by atoms with Crippen LogP contribution in [-0.4, -0.2) is 9.97 Å². The Morgan fingerprint density at radius 1 is 1.24 bits per heavy atom. The molecule has 3 rings (SSSR count). The van der Waals surface area contributed by atoms with Crippen LogP contribution in [0.1, 0.15) is 55.5 Å². The first kappa shape index (κ1) is 14.3. The van der Waals surface area contributed by atoms with Gasteiger partial charge < -0.3 is 4.74 Å². The highest BCUT2D eigenvalue weighted by Gasteiger charge is 2.28. The summed E-state index contributed by atoms with van der Waals surface area (Å²) in [6, 6.07) is 8.10. The van der Waals surface area contributed by atoms with Crippen molar-refractivity contribution >= 4 is 11.6 Å². The predicted octanol–water partition coefficient (Wildman–Crippen LogP) is 5.23. The van der Waals surface area contributed by atoms with Crippen LogP contribution in [0.4, 0.5) is 0 Å². The lowest BCUT2D eigenvalue weighted by molar-refractivity contribution is 0.453. The molecule has 0 atom stereocenters. The van der Waals surface area contributed by atoms with Crippen molar-refractivity contribution in [2.75, 3.05) is 0 Å². The molecule has 21 heavy (non-hydrogen) atoms. The summed E-state index contributed by atoms with van der Waals surface area (Å²) in [6.07, 6.45) is 2.28. The Balaban J connectivity index is 1.92. The molecular weight excluding hydrogens is 284 g/mol. The molecule has 110 valence electrons. The van der Waals surface area contributed by atoms with E-state index in [1.165, 1.54) is 5.56 Å². The molecule has 1 aliphatic rings. The first-order chi connectivity index (χ1) is 10.0. The lowest BCUT2D eigenvalue weighted by Gasteiger charge is -2.12. The molecule has 0 spiro atoms. The molecule has 1 fully saturated rings. The van der Waals surface area contributed by atoms with Gasteiger partial charge in [-0.25, -0.2) is 4.98 Å². The Morgan fingerprint density at radius 3 is 2.67 bits per heavy atom. The molecule has 4 heteroatoms. The van der Waals surface area contributed by atoms with Crippen LogP contribution in [0.5, 0.6) is 11.6 Å². The molecule has 0 amide bonds. The third kappa shape index (κ3) is 3.18. The average molecular weight is 303 g/mol. The van der Waals surface area contributed by atoms with Gasteiger partial charge in [0.15, 0.2) is 0 Å². The molecule has 0 radical (unpaired) electrons. The number of ether oxygens (including phenoxy) is 1. The fourth-order valence-electron chi connectivity index (χ4n) is 2.16. The van der Waals surface area contributed by atoms with Crippen LogP contribution in [0.3, 0.4) is 0 Å². The highest BCUT2D eigenvalue weighted by atomic mass is 35.5. The van der Waals surface area contributed by atoms with Crippen molar-refractivity contribution in [3.05, 3.63) is 46.4 Å². The van der Waals surface area contributed by atoms with Crippen LogP contribution in [0.15, 0.2) is 24.3 Å². The largest absolute Gasteiger partial charge is 0.439 e. The monoisotopic (exact) mass is 302 g/mol. The maximum Gasteiger partial charge on any atom is 0.226 e. The van der Waals surface area contributed by atoms with Gasteiger partial charge in [-0.2, -0.15) is 4.98 Å². The lowest BCUT2D eigenvalue weighted by Crippen LogP contribution is -2.00. The van der Waals surface area contributed by atoms with Gasteiger partial charge in [0.2, 0.25) is 5.88 Å². The van der Waals surface area contributed by atoms with E-state index in [9.17, 15) is 0 Å². The Labute approximate surface area is 130 Å². The molecule has 1 aromatic carbocycles. The van der Waals surface area contributed by atoms with Crippen molar-refractivity contribution in [3.8, 4) is 11.6 Å². The molecule has 0 aliphatic heterocycles. The second-order valence-corrected chi connectivity index (χ2v) is 6.26. The van der Waals surface area contributed by atoms with Crippen molar-refractivity contribution in [2.45, 2.75) is 45.4 Å². The molecule has 1 aliphatic carbocycles. The quantitative estimate of drug-likeness (QED) is 0.725. The summed E-state index contributed by atoms with van der Waals surface area (Å²) < 4.78 is 5.96. The van der Waals surface area contributed by atoms with Gasteiger partial charge in [0.1, 0.15) is 16.7 Å². The number of rotatable bonds is 4. The minimum Gasteiger partial charge on any atom is -0.439 e. The number of benzene rings is 1. The van der Waals surface area contributed by atoms with E-state index in [1.807, 2.05) is 19.1 Å². The smallest absolute Gasteiger partial charge is 0.226 e. The molecule has 0 N–H and O–H groups in total. The highest BCUT2D eigenvalue weighted by Crippen LogP contribution is 2.40. The number of hydrogen-bond donors (Lipinski definition) is 0. The predicted molar refractivity (Wildman–Crippen MR) is 84.4 cm³/mol. The highest BCUT2D eigenvalue weighted by molar-refractivity contribution is 6.30. The van der Waals surface area contributed by atoms with E-state index in [4.69, 9.17) is 16.3 Å². The molecule has 0 saturated heterocycles. The molecule has 1 aromatic heterocycles. The van der Waals surface area contributed by atoms with E-state index >= 15 is 0 Å². The standard InChI is InChI=1S/C17H19ClN2O/c1-10(2)13-5-4-6-14(9-13)21-17-11(3)15(18)19-16(20-17)12-7-8-12/h4-6,9-10,12H,7-8H2,1-3H3. The summed E-state index contributed by atoms with van der Waals surface area (Å²) in [7, 11) is 0. The second-order valence-electron chi connectivity index (χ2n) is 5.91. The zero-order valence-corrected chi connectivity index (χ0v) is 13.3. The Hall–Kier alpha value is -1.61. The molecule has 3 nitrogen and oxygen atoms in total. The fraction of sp³-hybridized carbons (Fsp3) is 0.412. The van der Waals surface area contributed by atoms with E-state index in [-0.39, 0.29) is 0 Å².